The average Bonchev–Trinajstić information content (AvgIpc) is 3.21. The number of pyridine rings is 1. The first-order chi connectivity index (χ1) is 14.8. The van der Waals surface area contributed by atoms with Gasteiger partial charge in [0.1, 0.15) is 11.5 Å². The van der Waals surface area contributed by atoms with Crippen LogP contribution in [-0.4, -0.2) is 29.3 Å². The van der Waals surface area contributed by atoms with Crippen LogP contribution < -0.4 is 10.2 Å². The highest BCUT2D eigenvalue weighted by Gasteiger charge is 2.35. The predicted octanol–water partition coefficient (Wildman–Crippen LogP) is 5.32. The number of amidine groups is 1. The van der Waals surface area contributed by atoms with E-state index in [9.17, 15) is 4.79 Å². The lowest BCUT2D eigenvalue weighted by atomic mass is 9.87. The summed E-state index contributed by atoms with van der Waals surface area (Å²) in [5.74, 6) is 0.646. The fourth-order valence-electron chi connectivity index (χ4n) is 3.68. The second-order valence-electron chi connectivity index (χ2n) is 8.94. The van der Waals surface area contributed by atoms with Gasteiger partial charge in [-0.15, -0.1) is 0 Å². The highest BCUT2D eigenvalue weighted by molar-refractivity contribution is 6.16. The summed E-state index contributed by atoms with van der Waals surface area (Å²) < 4.78 is 0. The Labute approximate surface area is 183 Å². The molecule has 0 saturated heterocycles. The van der Waals surface area contributed by atoms with Gasteiger partial charge in [-0.25, -0.2) is 4.98 Å². The van der Waals surface area contributed by atoms with E-state index >= 15 is 0 Å². The number of aromatic nitrogens is 1. The molecule has 1 aliphatic heterocycles. The molecule has 158 valence electrons. The number of carbonyl (C=O) groups excluding carboxylic acids is 1. The van der Waals surface area contributed by atoms with E-state index < -0.39 is 0 Å². The van der Waals surface area contributed by atoms with Crippen molar-refractivity contribution in [1.82, 2.24) is 4.98 Å². The lowest BCUT2D eigenvalue weighted by Gasteiger charge is -2.26. The Morgan fingerprint density at radius 2 is 1.68 bits per heavy atom. The van der Waals surface area contributed by atoms with E-state index in [1.165, 1.54) is 0 Å². The minimum absolute atomic E-state index is 0.0262. The highest BCUT2D eigenvalue weighted by atomic mass is 16.1. The molecule has 1 aromatic heterocycles. The number of amides is 1. The fraction of sp³-hybridized carbons (Fsp3) is 0.269. The highest BCUT2D eigenvalue weighted by Crippen LogP contribution is 2.33. The molecule has 1 aliphatic rings. The van der Waals surface area contributed by atoms with Crippen molar-refractivity contribution in [3.8, 4) is 0 Å². The van der Waals surface area contributed by atoms with Gasteiger partial charge in [0.2, 0.25) is 0 Å². The molecule has 0 radical (unpaired) electrons. The molecule has 0 unspecified atom stereocenters. The first-order valence-corrected chi connectivity index (χ1v) is 10.6. The number of nitrogens with one attached hydrogen (secondary N) is 1. The molecule has 0 bridgehead atoms. The van der Waals surface area contributed by atoms with Gasteiger partial charge in [-0.1, -0.05) is 57.2 Å². The number of anilines is 2. The lowest BCUT2D eigenvalue weighted by Crippen LogP contribution is -2.34. The Bertz CT molecular complexity index is 1120. The number of hydrogen-bond donors (Lipinski definition) is 1. The van der Waals surface area contributed by atoms with Gasteiger partial charge in [-0.2, -0.15) is 0 Å². The van der Waals surface area contributed by atoms with Crippen LogP contribution in [-0.2, 0) is 0 Å². The Balaban J connectivity index is 1.72. The number of para-hydroxylation sites is 2. The number of hydrogen-bond acceptors (Lipinski definition) is 4. The van der Waals surface area contributed by atoms with Crippen LogP contribution in [0, 0.1) is 12.3 Å². The number of rotatable bonds is 4. The van der Waals surface area contributed by atoms with Crippen molar-refractivity contribution in [2.75, 3.05) is 16.8 Å². The first-order valence-electron chi connectivity index (χ1n) is 10.6. The fourth-order valence-corrected chi connectivity index (χ4v) is 3.68. The minimum atomic E-state index is -0.228. The quantitative estimate of drug-likeness (QED) is 0.631. The van der Waals surface area contributed by atoms with Crippen LogP contribution in [0.5, 0.6) is 0 Å². The van der Waals surface area contributed by atoms with E-state index in [2.05, 4.69) is 48.1 Å². The maximum atomic E-state index is 12.9. The van der Waals surface area contributed by atoms with Crippen LogP contribution in [0.4, 0.5) is 11.4 Å². The maximum Gasteiger partial charge on any atom is 0.274 e. The van der Waals surface area contributed by atoms with E-state index in [1.54, 1.807) is 6.07 Å². The zero-order valence-electron chi connectivity index (χ0n) is 18.5. The van der Waals surface area contributed by atoms with Gasteiger partial charge in [-0.3, -0.25) is 9.79 Å². The summed E-state index contributed by atoms with van der Waals surface area (Å²) in [6.45, 7) is 9.31. The Morgan fingerprint density at radius 3 is 2.39 bits per heavy atom. The van der Waals surface area contributed by atoms with Gasteiger partial charge >= 0.3 is 0 Å². The standard InChI is InChI=1S/C26H28N4O/c1-18-11-10-16-22(27-18)25(31)28-21-15-9-8-14-20(21)24-29-23(26(2,3)4)17-30(24)19-12-6-5-7-13-19/h5-16,23H,17H2,1-4H3,(H,28,31)/t23-/m1/s1. The van der Waals surface area contributed by atoms with Gasteiger partial charge < -0.3 is 10.2 Å². The number of benzene rings is 2. The summed E-state index contributed by atoms with van der Waals surface area (Å²) in [6, 6.07) is 23.7. The third-order valence-corrected chi connectivity index (χ3v) is 5.49. The molecule has 0 aliphatic carbocycles. The first kappa shape index (κ1) is 20.8. The summed E-state index contributed by atoms with van der Waals surface area (Å²) in [5, 5.41) is 3.05. The van der Waals surface area contributed by atoms with E-state index in [4.69, 9.17) is 4.99 Å². The summed E-state index contributed by atoms with van der Waals surface area (Å²) in [7, 11) is 0. The van der Waals surface area contributed by atoms with Crippen molar-refractivity contribution in [1.29, 1.82) is 0 Å². The van der Waals surface area contributed by atoms with Gasteiger partial charge in [-0.05, 0) is 48.7 Å². The molecule has 0 fully saturated rings. The van der Waals surface area contributed by atoms with Crippen molar-refractivity contribution < 1.29 is 4.79 Å². The molecular formula is C26H28N4O. The van der Waals surface area contributed by atoms with Crippen molar-refractivity contribution >= 4 is 23.1 Å². The van der Waals surface area contributed by atoms with E-state index in [1.807, 2.05) is 61.5 Å². The number of nitrogens with zero attached hydrogens (tertiary/aromatic N) is 3. The lowest BCUT2D eigenvalue weighted by molar-refractivity contribution is 0.102. The zero-order chi connectivity index (χ0) is 22.0. The van der Waals surface area contributed by atoms with Crippen LogP contribution in [0.3, 0.4) is 0 Å². The average molecular weight is 413 g/mol. The minimum Gasteiger partial charge on any atom is -0.324 e. The monoisotopic (exact) mass is 412 g/mol. The topological polar surface area (TPSA) is 57.6 Å². The van der Waals surface area contributed by atoms with Crippen LogP contribution in [0.15, 0.2) is 77.8 Å². The third kappa shape index (κ3) is 4.50. The zero-order valence-corrected chi connectivity index (χ0v) is 18.5. The second kappa shape index (κ2) is 8.34. The van der Waals surface area contributed by atoms with Gasteiger partial charge in [0.25, 0.3) is 5.91 Å². The summed E-state index contributed by atoms with van der Waals surface area (Å²) >= 11 is 0. The van der Waals surface area contributed by atoms with Crippen molar-refractivity contribution in [3.63, 3.8) is 0 Å². The second-order valence-corrected chi connectivity index (χ2v) is 8.94. The molecule has 1 N–H and O–H groups in total. The number of aryl methyl sites for hydroxylation is 1. The molecule has 1 atom stereocenters. The molecule has 0 spiro atoms. The van der Waals surface area contributed by atoms with Crippen LogP contribution >= 0.6 is 0 Å². The van der Waals surface area contributed by atoms with Crippen molar-refractivity contribution in [3.05, 3.63) is 89.7 Å². The smallest absolute Gasteiger partial charge is 0.274 e. The maximum absolute atomic E-state index is 12.9. The molecule has 3 aromatic rings. The predicted molar refractivity (Wildman–Crippen MR) is 127 cm³/mol. The van der Waals surface area contributed by atoms with Crippen molar-refractivity contribution in [2.45, 2.75) is 33.7 Å². The summed E-state index contributed by atoms with van der Waals surface area (Å²) in [6.07, 6.45) is 0. The van der Waals surface area contributed by atoms with E-state index in [0.717, 1.165) is 35.0 Å². The normalized spacial score (nSPS) is 16.2. The molecule has 1 amide bonds. The largest absolute Gasteiger partial charge is 0.324 e. The summed E-state index contributed by atoms with van der Waals surface area (Å²) in [4.78, 5) is 24.6. The molecule has 0 saturated carbocycles. The molecule has 2 aromatic carbocycles. The summed E-state index contributed by atoms with van der Waals surface area (Å²) in [5.41, 5.74) is 3.96. The Hall–Kier alpha value is -3.47. The molecule has 2 heterocycles. The van der Waals surface area contributed by atoms with Gasteiger partial charge in [0, 0.05) is 23.5 Å². The molecule has 5 nitrogen and oxygen atoms in total. The molecule has 31 heavy (non-hydrogen) atoms. The number of aliphatic imine (C=N–C) groups is 1. The number of carbonyl (C=O) groups is 1. The van der Waals surface area contributed by atoms with Gasteiger partial charge in [0.05, 0.1) is 11.7 Å². The van der Waals surface area contributed by atoms with Crippen LogP contribution in [0.1, 0.15) is 42.5 Å². The van der Waals surface area contributed by atoms with Gasteiger partial charge in [0.15, 0.2) is 0 Å². The van der Waals surface area contributed by atoms with Crippen molar-refractivity contribution in [2.24, 2.45) is 10.4 Å². The van der Waals surface area contributed by atoms with Crippen LogP contribution in [0.25, 0.3) is 0 Å². The molecule has 4 rings (SSSR count). The third-order valence-electron chi connectivity index (χ3n) is 5.49. The van der Waals surface area contributed by atoms with Crippen LogP contribution in [0.2, 0.25) is 0 Å². The molecular weight excluding hydrogens is 384 g/mol. The Kier molecular flexibility index (Phi) is 5.59. The SMILES string of the molecule is Cc1cccc(C(=O)Nc2ccccc2C2=N[C@@H](C(C)(C)C)CN2c2ccccc2)n1. The molecule has 5 heteroatoms. The van der Waals surface area contributed by atoms with E-state index in [-0.39, 0.29) is 17.4 Å². The van der Waals surface area contributed by atoms with E-state index in [0.29, 0.717) is 5.69 Å². The Morgan fingerprint density at radius 1 is 0.968 bits per heavy atom.